The van der Waals surface area contributed by atoms with E-state index < -0.39 is 46.7 Å². The number of halogens is 7. The van der Waals surface area contributed by atoms with E-state index in [0.29, 0.717) is 0 Å². The molecule has 136 valence electrons. The molecule has 1 saturated heterocycles. The number of ether oxygens (including phenoxy) is 2. The molecule has 1 amide bonds. The van der Waals surface area contributed by atoms with Crippen LogP contribution in [-0.4, -0.2) is 58.2 Å². The Morgan fingerprint density at radius 1 is 1.09 bits per heavy atom. The average molecular weight is 463 g/mol. The number of carbonyl (C=O) groups is 1. The summed E-state index contributed by atoms with van der Waals surface area (Å²) in [6, 6.07) is 0. The Morgan fingerprint density at radius 3 is 1.96 bits per heavy atom. The summed E-state index contributed by atoms with van der Waals surface area (Å²) in [6.45, 7) is 4.34. The van der Waals surface area contributed by atoms with Crippen LogP contribution >= 0.6 is 22.6 Å². The molecule has 0 bridgehead atoms. The van der Waals surface area contributed by atoms with Crippen LogP contribution in [0.5, 0.6) is 0 Å². The predicted molar refractivity (Wildman–Crippen MR) is 76.4 cm³/mol. The second kappa shape index (κ2) is 6.81. The van der Waals surface area contributed by atoms with Gasteiger partial charge in [-0.05, 0) is 20.8 Å². The third kappa shape index (κ3) is 6.16. The molecule has 11 heteroatoms. The number of hydrogen-bond acceptors (Lipinski definition) is 3. The lowest BCUT2D eigenvalue weighted by Crippen LogP contribution is -2.48. The van der Waals surface area contributed by atoms with E-state index in [0.717, 1.165) is 4.90 Å². The molecule has 23 heavy (non-hydrogen) atoms. The van der Waals surface area contributed by atoms with Crippen molar-refractivity contribution in [2.75, 3.05) is 13.1 Å². The van der Waals surface area contributed by atoms with E-state index in [1.807, 2.05) is 0 Å². The summed E-state index contributed by atoms with van der Waals surface area (Å²) in [5.74, 6) is 0. The largest absolute Gasteiger partial charge is 0.444 e. The summed E-state index contributed by atoms with van der Waals surface area (Å²) in [4.78, 5) is 12.9. The molecular weight excluding hydrogens is 447 g/mol. The van der Waals surface area contributed by atoms with E-state index in [1.54, 1.807) is 43.4 Å². The summed E-state index contributed by atoms with van der Waals surface area (Å²) < 4.78 is 83.7. The normalized spacial score (nSPS) is 23.5. The summed E-state index contributed by atoms with van der Waals surface area (Å²) in [5, 5.41) is 0. The van der Waals surface area contributed by atoms with E-state index in [1.165, 1.54) is 0 Å². The maximum atomic E-state index is 12.5. The Labute approximate surface area is 142 Å². The van der Waals surface area contributed by atoms with Crippen molar-refractivity contribution < 1.29 is 40.6 Å². The number of carbonyl (C=O) groups excluding carboxylic acids is 1. The molecule has 1 fully saturated rings. The molecule has 1 heterocycles. The van der Waals surface area contributed by atoms with Crippen LogP contribution < -0.4 is 0 Å². The fourth-order valence-electron chi connectivity index (χ4n) is 1.85. The molecule has 0 saturated carbocycles. The summed E-state index contributed by atoms with van der Waals surface area (Å²) in [6.07, 6.45) is -17.2. The topological polar surface area (TPSA) is 38.8 Å². The zero-order valence-corrected chi connectivity index (χ0v) is 14.6. The SMILES string of the molecule is CC(C)(C)OC(=O)N1CC(I)C(OC(C(F)(F)F)C(F)(F)F)C1. The molecule has 0 aliphatic carbocycles. The number of nitrogens with zero attached hydrogens (tertiary/aromatic N) is 1. The lowest BCUT2D eigenvalue weighted by molar-refractivity contribution is -0.329. The van der Waals surface area contributed by atoms with Gasteiger partial charge in [0.05, 0.1) is 16.6 Å². The molecule has 0 aromatic heterocycles. The molecule has 2 unspecified atom stereocenters. The molecule has 4 nitrogen and oxygen atoms in total. The Hall–Kier alpha value is -0.460. The molecule has 0 spiro atoms. The van der Waals surface area contributed by atoms with E-state index in [2.05, 4.69) is 4.74 Å². The first kappa shape index (κ1) is 20.6. The minimum atomic E-state index is -5.58. The highest BCUT2D eigenvalue weighted by Gasteiger charge is 2.59. The van der Waals surface area contributed by atoms with Crippen molar-refractivity contribution in [1.82, 2.24) is 4.90 Å². The second-order valence-corrected chi connectivity index (χ2v) is 7.64. The number of rotatable bonds is 2. The third-order valence-corrected chi connectivity index (χ3v) is 3.95. The Kier molecular flexibility index (Phi) is 6.09. The highest BCUT2D eigenvalue weighted by molar-refractivity contribution is 14.1. The van der Waals surface area contributed by atoms with Gasteiger partial charge in [0.2, 0.25) is 6.10 Å². The molecule has 0 N–H and O–H groups in total. The van der Waals surface area contributed by atoms with Crippen molar-refractivity contribution in [3.05, 3.63) is 0 Å². The molecule has 1 rings (SSSR count). The van der Waals surface area contributed by atoms with Gasteiger partial charge in [-0.2, -0.15) is 26.3 Å². The molecule has 0 radical (unpaired) electrons. The van der Waals surface area contributed by atoms with Gasteiger partial charge in [-0.3, -0.25) is 0 Å². The van der Waals surface area contributed by atoms with Gasteiger partial charge in [0.1, 0.15) is 5.60 Å². The fourth-order valence-corrected chi connectivity index (χ4v) is 2.73. The van der Waals surface area contributed by atoms with Crippen molar-refractivity contribution in [2.24, 2.45) is 0 Å². The molecule has 1 aliphatic heterocycles. The summed E-state index contributed by atoms with van der Waals surface area (Å²) in [7, 11) is 0. The molecule has 0 aromatic carbocycles. The van der Waals surface area contributed by atoms with Crippen molar-refractivity contribution >= 4 is 28.7 Å². The highest BCUT2D eigenvalue weighted by atomic mass is 127. The van der Waals surface area contributed by atoms with Crippen LogP contribution in [-0.2, 0) is 9.47 Å². The number of likely N-dealkylation sites (tertiary alicyclic amines) is 1. The first-order valence-electron chi connectivity index (χ1n) is 6.52. The zero-order chi connectivity index (χ0) is 18.2. The number of amides is 1. The Morgan fingerprint density at radius 2 is 1.57 bits per heavy atom. The van der Waals surface area contributed by atoms with Crippen LogP contribution in [0.3, 0.4) is 0 Å². The smallest absolute Gasteiger partial charge is 0.423 e. The number of alkyl halides is 7. The van der Waals surface area contributed by atoms with Crippen LogP contribution in [0, 0.1) is 0 Å². The maximum Gasteiger partial charge on any atom is 0.423 e. The van der Waals surface area contributed by atoms with Crippen molar-refractivity contribution in [3.8, 4) is 0 Å². The minimum Gasteiger partial charge on any atom is -0.444 e. The molecule has 1 aliphatic rings. The maximum absolute atomic E-state index is 12.5. The van der Waals surface area contributed by atoms with Gasteiger partial charge in [-0.1, -0.05) is 22.6 Å². The third-order valence-electron chi connectivity index (χ3n) is 2.76. The van der Waals surface area contributed by atoms with E-state index >= 15 is 0 Å². The highest BCUT2D eigenvalue weighted by Crippen LogP contribution is 2.38. The van der Waals surface area contributed by atoms with Crippen LogP contribution in [0.25, 0.3) is 0 Å². The Balaban J connectivity index is 2.77. The van der Waals surface area contributed by atoms with Crippen LogP contribution in [0.15, 0.2) is 0 Å². The molecular formula is C12H16F6INO3. The van der Waals surface area contributed by atoms with Crippen molar-refractivity contribution in [2.45, 2.75) is 54.9 Å². The van der Waals surface area contributed by atoms with Gasteiger partial charge >= 0.3 is 18.4 Å². The van der Waals surface area contributed by atoms with Gasteiger partial charge in [0.15, 0.2) is 0 Å². The summed E-state index contributed by atoms with van der Waals surface area (Å²) in [5.41, 5.74) is -0.822. The Bertz CT molecular complexity index is 420. The monoisotopic (exact) mass is 463 g/mol. The quantitative estimate of drug-likeness (QED) is 0.354. The first-order valence-corrected chi connectivity index (χ1v) is 7.76. The lowest BCUT2D eigenvalue weighted by atomic mass is 10.2. The fraction of sp³-hybridized carbons (Fsp3) is 0.917. The van der Waals surface area contributed by atoms with Crippen LogP contribution in [0.4, 0.5) is 31.1 Å². The second-order valence-electron chi connectivity index (χ2n) is 6.04. The summed E-state index contributed by atoms with van der Waals surface area (Å²) >= 11 is 1.66. The average Bonchev–Trinajstić information content (AvgIpc) is 2.62. The van der Waals surface area contributed by atoms with Gasteiger partial charge in [-0.25, -0.2) is 4.79 Å². The minimum absolute atomic E-state index is 0.0530. The van der Waals surface area contributed by atoms with Gasteiger partial charge in [0, 0.05) is 6.54 Å². The molecule has 0 aromatic rings. The van der Waals surface area contributed by atoms with E-state index in [-0.39, 0.29) is 6.54 Å². The van der Waals surface area contributed by atoms with E-state index in [9.17, 15) is 31.1 Å². The van der Waals surface area contributed by atoms with E-state index in [4.69, 9.17) is 4.74 Å². The molecule has 2 atom stereocenters. The number of hydrogen-bond donors (Lipinski definition) is 0. The van der Waals surface area contributed by atoms with Crippen molar-refractivity contribution in [1.29, 1.82) is 0 Å². The van der Waals surface area contributed by atoms with Crippen molar-refractivity contribution in [3.63, 3.8) is 0 Å². The predicted octanol–water partition coefficient (Wildman–Crippen LogP) is 3.92. The first-order chi connectivity index (χ1) is 10.1. The van der Waals surface area contributed by atoms with Gasteiger partial charge in [0.25, 0.3) is 0 Å². The lowest BCUT2D eigenvalue weighted by Gasteiger charge is -2.27. The standard InChI is InChI=1S/C12H16F6INO3/c1-10(2,3)23-9(21)20-4-6(19)7(5-20)22-8(11(13,14)15)12(16,17)18/h6-8H,4-5H2,1-3H3. The van der Waals surface area contributed by atoms with Gasteiger partial charge < -0.3 is 14.4 Å². The van der Waals surface area contributed by atoms with Gasteiger partial charge in [-0.15, -0.1) is 0 Å². The zero-order valence-electron chi connectivity index (χ0n) is 12.5. The van der Waals surface area contributed by atoms with Crippen LogP contribution in [0.2, 0.25) is 0 Å². The van der Waals surface area contributed by atoms with Crippen LogP contribution in [0.1, 0.15) is 20.8 Å².